The minimum atomic E-state index is -0.454. The summed E-state index contributed by atoms with van der Waals surface area (Å²) in [4.78, 5) is 18.4. The molecular weight excluding hydrogens is 242 g/mol. The summed E-state index contributed by atoms with van der Waals surface area (Å²) in [5.41, 5.74) is 2.59. The van der Waals surface area contributed by atoms with E-state index in [1.807, 2.05) is 0 Å². The highest BCUT2D eigenvalue weighted by molar-refractivity contribution is 7.99. The third-order valence-electron chi connectivity index (χ3n) is 2.07. The quantitative estimate of drug-likeness (QED) is 0.200. The highest BCUT2D eigenvalue weighted by Gasteiger charge is 2.21. The van der Waals surface area contributed by atoms with E-state index in [1.165, 1.54) is 11.8 Å². The number of aromatic nitrogens is 2. The number of nitrogen functional groups attached to an aromatic ring is 1. The van der Waals surface area contributed by atoms with Crippen molar-refractivity contribution in [1.82, 2.24) is 9.97 Å². The van der Waals surface area contributed by atoms with Crippen molar-refractivity contribution in [1.29, 1.82) is 0 Å². The number of nitrogens with zero attached hydrogens (tertiary/aromatic N) is 3. The van der Waals surface area contributed by atoms with Crippen LogP contribution in [-0.4, -0.2) is 20.6 Å². The van der Waals surface area contributed by atoms with Crippen molar-refractivity contribution in [3.63, 3.8) is 0 Å². The first kappa shape index (κ1) is 13.7. The van der Waals surface area contributed by atoms with Gasteiger partial charge in [0.2, 0.25) is 5.95 Å². The number of aryl methyl sites for hydroxylation is 1. The van der Waals surface area contributed by atoms with E-state index in [2.05, 4.69) is 22.3 Å². The summed E-state index contributed by atoms with van der Waals surface area (Å²) in [5.74, 6) is 6.21. The third kappa shape index (κ3) is 3.53. The Kier molecular flexibility index (Phi) is 5.11. The molecule has 1 heterocycles. The lowest BCUT2D eigenvalue weighted by Crippen LogP contribution is -2.12. The minimum Gasteiger partial charge on any atom is -0.292 e. The average Bonchev–Trinajstić information content (AvgIpc) is 2.28. The maximum atomic E-state index is 10.9. The smallest absolute Gasteiger partial charge is 0.292 e. The fourth-order valence-electron chi connectivity index (χ4n) is 1.23. The number of hydrazine groups is 1. The van der Waals surface area contributed by atoms with Crippen LogP contribution in [-0.2, 0) is 0 Å². The van der Waals surface area contributed by atoms with Crippen molar-refractivity contribution >= 4 is 23.4 Å². The molecule has 0 amide bonds. The highest BCUT2D eigenvalue weighted by atomic mass is 32.2. The Bertz CT molecular complexity index is 413. The van der Waals surface area contributed by atoms with Gasteiger partial charge >= 0.3 is 5.69 Å². The number of unbranched alkanes of at least 4 members (excludes halogenated alkanes) is 1. The van der Waals surface area contributed by atoms with Crippen LogP contribution in [0.15, 0.2) is 5.03 Å². The molecule has 0 unspecified atom stereocenters. The van der Waals surface area contributed by atoms with Crippen molar-refractivity contribution in [2.24, 2.45) is 5.84 Å². The van der Waals surface area contributed by atoms with E-state index in [-0.39, 0.29) is 11.6 Å². The number of anilines is 1. The number of nitrogens with one attached hydrogen (secondary N) is 1. The van der Waals surface area contributed by atoms with Crippen LogP contribution in [0.5, 0.6) is 0 Å². The zero-order valence-electron chi connectivity index (χ0n) is 9.77. The van der Waals surface area contributed by atoms with Gasteiger partial charge in [-0.15, -0.1) is 0 Å². The van der Waals surface area contributed by atoms with Crippen molar-refractivity contribution in [2.45, 2.75) is 31.7 Å². The van der Waals surface area contributed by atoms with Crippen LogP contribution >= 0.6 is 11.8 Å². The fraction of sp³-hybridized carbons (Fsp3) is 0.556. The van der Waals surface area contributed by atoms with Crippen molar-refractivity contribution in [2.75, 3.05) is 11.2 Å². The van der Waals surface area contributed by atoms with Crippen molar-refractivity contribution in [3.05, 3.63) is 15.8 Å². The van der Waals surface area contributed by atoms with Gasteiger partial charge in [0.05, 0.1) is 4.92 Å². The molecule has 0 aromatic carbocycles. The van der Waals surface area contributed by atoms with Crippen molar-refractivity contribution in [3.8, 4) is 0 Å². The first-order chi connectivity index (χ1) is 8.10. The summed E-state index contributed by atoms with van der Waals surface area (Å²) < 4.78 is 0. The van der Waals surface area contributed by atoms with Crippen LogP contribution in [0.2, 0.25) is 0 Å². The van der Waals surface area contributed by atoms with Crippen LogP contribution in [0.1, 0.15) is 25.5 Å². The Labute approximate surface area is 103 Å². The van der Waals surface area contributed by atoms with Crippen LogP contribution in [0, 0.1) is 17.0 Å². The lowest BCUT2D eigenvalue weighted by molar-refractivity contribution is -0.389. The first-order valence-electron chi connectivity index (χ1n) is 5.22. The molecule has 0 saturated carbocycles. The Morgan fingerprint density at radius 2 is 2.24 bits per heavy atom. The van der Waals surface area contributed by atoms with E-state index in [4.69, 9.17) is 5.84 Å². The van der Waals surface area contributed by atoms with Gasteiger partial charge in [-0.3, -0.25) is 15.5 Å². The molecule has 1 aromatic heterocycles. The third-order valence-corrected chi connectivity index (χ3v) is 3.13. The van der Waals surface area contributed by atoms with E-state index >= 15 is 0 Å². The van der Waals surface area contributed by atoms with E-state index in [9.17, 15) is 10.1 Å². The normalized spacial score (nSPS) is 10.3. The molecule has 94 valence electrons. The van der Waals surface area contributed by atoms with E-state index < -0.39 is 4.92 Å². The molecule has 0 aliphatic carbocycles. The van der Waals surface area contributed by atoms with Crippen LogP contribution < -0.4 is 11.3 Å². The molecule has 17 heavy (non-hydrogen) atoms. The molecule has 0 atom stereocenters. The second-order valence-electron chi connectivity index (χ2n) is 3.39. The minimum absolute atomic E-state index is 0.0369. The summed E-state index contributed by atoms with van der Waals surface area (Å²) in [5, 5.41) is 11.3. The van der Waals surface area contributed by atoms with Gasteiger partial charge in [0.1, 0.15) is 5.69 Å². The molecule has 8 heteroatoms. The van der Waals surface area contributed by atoms with Gasteiger partial charge in [-0.05, 0) is 19.1 Å². The number of hydrogen-bond acceptors (Lipinski definition) is 7. The molecule has 0 fully saturated rings. The van der Waals surface area contributed by atoms with Crippen molar-refractivity contribution < 1.29 is 4.92 Å². The second-order valence-corrected chi connectivity index (χ2v) is 4.47. The summed E-state index contributed by atoms with van der Waals surface area (Å²) in [6.07, 6.45) is 2.02. The first-order valence-corrected chi connectivity index (χ1v) is 6.21. The van der Waals surface area contributed by atoms with Gasteiger partial charge in [-0.25, -0.2) is 10.8 Å². The van der Waals surface area contributed by atoms with E-state index in [0.29, 0.717) is 10.7 Å². The summed E-state index contributed by atoms with van der Waals surface area (Å²) in [6.45, 7) is 3.64. The molecule has 0 spiro atoms. The zero-order chi connectivity index (χ0) is 12.8. The Morgan fingerprint density at radius 3 is 2.76 bits per heavy atom. The standard InChI is InChI=1S/C9H15N5O2S/c1-3-4-5-17-8-7(14(15)16)6(2)11-9(12-8)13-10/h3-5,10H2,1-2H3,(H,11,12,13). The van der Waals surface area contributed by atoms with Gasteiger partial charge in [0.25, 0.3) is 0 Å². The summed E-state index contributed by atoms with van der Waals surface area (Å²) >= 11 is 1.36. The van der Waals surface area contributed by atoms with Crippen LogP contribution in [0.25, 0.3) is 0 Å². The maximum absolute atomic E-state index is 10.9. The monoisotopic (exact) mass is 257 g/mol. The second kappa shape index (κ2) is 6.36. The summed E-state index contributed by atoms with van der Waals surface area (Å²) in [7, 11) is 0. The van der Waals surface area contributed by atoms with Crippen LogP contribution in [0.4, 0.5) is 11.6 Å². The van der Waals surface area contributed by atoms with E-state index in [0.717, 1.165) is 18.6 Å². The molecule has 1 aromatic rings. The highest BCUT2D eigenvalue weighted by Crippen LogP contribution is 2.30. The van der Waals surface area contributed by atoms with Gasteiger partial charge in [-0.2, -0.15) is 4.98 Å². The number of hydrogen-bond donors (Lipinski definition) is 2. The molecule has 0 bridgehead atoms. The predicted octanol–water partition coefficient (Wildman–Crippen LogP) is 1.87. The number of nitro groups is 1. The Morgan fingerprint density at radius 1 is 1.53 bits per heavy atom. The summed E-state index contributed by atoms with van der Waals surface area (Å²) in [6, 6.07) is 0. The number of nitrogens with two attached hydrogens (primary N) is 1. The molecule has 0 radical (unpaired) electrons. The maximum Gasteiger partial charge on any atom is 0.322 e. The largest absolute Gasteiger partial charge is 0.322 e. The topological polar surface area (TPSA) is 107 Å². The Hall–Kier alpha value is -1.41. The molecule has 3 N–H and O–H groups in total. The van der Waals surface area contributed by atoms with Gasteiger partial charge in [0, 0.05) is 0 Å². The number of rotatable bonds is 6. The lowest BCUT2D eigenvalue weighted by atomic mass is 10.4. The molecule has 0 saturated heterocycles. The van der Waals surface area contributed by atoms with Gasteiger partial charge in [0.15, 0.2) is 5.03 Å². The Balaban J connectivity index is 3.04. The number of thioether (sulfide) groups is 1. The molecule has 7 nitrogen and oxygen atoms in total. The fourth-order valence-corrected chi connectivity index (χ4v) is 2.37. The lowest BCUT2D eigenvalue weighted by Gasteiger charge is -2.06. The average molecular weight is 257 g/mol. The van der Waals surface area contributed by atoms with E-state index in [1.54, 1.807) is 6.92 Å². The predicted molar refractivity (Wildman–Crippen MR) is 66.9 cm³/mol. The molecular formula is C9H15N5O2S. The zero-order valence-corrected chi connectivity index (χ0v) is 10.6. The molecule has 0 aliphatic rings. The SMILES string of the molecule is CCCCSc1nc(NN)nc(C)c1[N+](=O)[O-]. The molecule has 0 aliphatic heterocycles. The van der Waals surface area contributed by atoms with Gasteiger partial charge in [-0.1, -0.05) is 25.1 Å². The molecule has 1 rings (SSSR count). The van der Waals surface area contributed by atoms with Gasteiger partial charge < -0.3 is 0 Å². The van der Waals surface area contributed by atoms with Crippen LogP contribution in [0.3, 0.4) is 0 Å².